The molecule has 1 N–H and O–H groups in total. The van der Waals surface area contributed by atoms with Crippen molar-refractivity contribution in [2.75, 3.05) is 6.61 Å². The largest absolute Gasteiger partial charge is 0.505 e. The third kappa shape index (κ3) is 5.09. The molecule has 0 aromatic heterocycles. The van der Waals surface area contributed by atoms with Crippen LogP contribution in [0.2, 0.25) is 0 Å². The van der Waals surface area contributed by atoms with E-state index in [-0.39, 0.29) is 23.6 Å². The molecule has 0 amide bonds. The standard InChI is InChI=1S/C17H14IN3O5/c1-2-26-17(23)15(20-19-13-7-5-12(18)6-8-13)16(22)11-3-9-14(10-4-11)21(24)25/h3-10,22H,2H2,1H3/b16-15-,20-19?. The molecule has 8 nitrogen and oxygen atoms in total. The van der Waals surface area contributed by atoms with E-state index in [0.717, 1.165) is 3.57 Å². The van der Waals surface area contributed by atoms with E-state index in [1.165, 1.54) is 24.3 Å². The molecule has 26 heavy (non-hydrogen) atoms. The van der Waals surface area contributed by atoms with E-state index in [0.29, 0.717) is 5.69 Å². The monoisotopic (exact) mass is 467 g/mol. The van der Waals surface area contributed by atoms with Gasteiger partial charge < -0.3 is 9.84 Å². The van der Waals surface area contributed by atoms with Gasteiger partial charge in [-0.05, 0) is 65.9 Å². The van der Waals surface area contributed by atoms with Gasteiger partial charge in [-0.25, -0.2) is 4.79 Å². The molecule has 134 valence electrons. The topological polar surface area (TPSA) is 114 Å². The first kappa shape index (κ1) is 19.5. The molecule has 0 heterocycles. The van der Waals surface area contributed by atoms with Crippen molar-refractivity contribution in [3.8, 4) is 0 Å². The van der Waals surface area contributed by atoms with Crippen LogP contribution in [0.4, 0.5) is 11.4 Å². The number of esters is 1. The van der Waals surface area contributed by atoms with E-state index < -0.39 is 16.7 Å². The van der Waals surface area contributed by atoms with Crippen LogP contribution in [-0.4, -0.2) is 22.6 Å². The number of ether oxygens (including phenoxy) is 1. The predicted octanol–water partition coefficient (Wildman–Crippen LogP) is 4.77. The van der Waals surface area contributed by atoms with Crippen LogP contribution in [0.25, 0.3) is 5.76 Å². The van der Waals surface area contributed by atoms with E-state index in [2.05, 4.69) is 32.8 Å². The van der Waals surface area contributed by atoms with Gasteiger partial charge in [-0.1, -0.05) is 0 Å². The number of hydrogen-bond acceptors (Lipinski definition) is 7. The quantitative estimate of drug-likeness (QED) is 0.125. The fraction of sp³-hybridized carbons (Fsp3) is 0.118. The Hall–Kier alpha value is -2.82. The van der Waals surface area contributed by atoms with Gasteiger partial charge in [-0.2, -0.15) is 5.11 Å². The van der Waals surface area contributed by atoms with Crippen LogP contribution in [0.15, 0.2) is 64.5 Å². The van der Waals surface area contributed by atoms with E-state index in [9.17, 15) is 20.0 Å². The first-order chi connectivity index (χ1) is 12.4. The number of hydrogen-bond donors (Lipinski definition) is 1. The lowest BCUT2D eigenvalue weighted by molar-refractivity contribution is -0.384. The van der Waals surface area contributed by atoms with Crippen molar-refractivity contribution in [2.45, 2.75) is 6.92 Å². The van der Waals surface area contributed by atoms with Gasteiger partial charge in [0.15, 0.2) is 5.76 Å². The van der Waals surface area contributed by atoms with Crippen LogP contribution in [0.5, 0.6) is 0 Å². The normalized spacial score (nSPS) is 11.9. The molecule has 2 aromatic carbocycles. The molecule has 0 bridgehead atoms. The molecule has 0 saturated carbocycles. The second-order valence-corrected chi connectivity index (χ2v) is 6.14. The number of rotatable bonds is 6. The van der Waals surface area contributed by atoms with Gasteiger partial charge in [0.2, 0.25) is 5.70 Å². The molecule has 0 aliphatic heterocycles. The average molecular weight is 467 g/mol. The molecule has 2 aromatic rings. The maximum atomic E-state index is 12.1. The molecule has 0 radical (unpaired) electrons. The van der Waals surface area contributed by atoms with Gasteiger partial charge in [-0.15, -0.1) is 5.11 Å². The zero-order chi connectivity index (χ0) is 19.1. The maximum Gasteiger partial charge on any atom is 0.362 e. The summed E-state index contributed by atoms with van der Waals surface area (Å²) >= 11 is 2.14. The number of halogens is 1. The maximum absolute atomic E-state index is 12.1. The van der Waals surface area contributed by atoms with Gasteiger partial charge in [-0.3, -0.25) is 10.1 Å². The molecule has 9 heteroatoms. The molecule has 0 aliphatic rings. The third-order valence-electron chi connectivity index (χ3n) is 3.14. The number of non-ortho nitro benzene ring substituents is 1. The number of nitro groups is 1. The Morgan fingerprint density at radius 2 is 1.81 bits per heavy atom. The van der Waals surface area contributed by atoms with E-state index in [1.807, 2.05) is 12.1 Å². The summed E-state index contributed by atoms with van der Waals surface area (Å²) < 4.78 is 5.91. The van der Waals surface area contributed by atoms with Crippen LogP contribution in [-0.2, 0) is 9.53 Å². The van der Waals surface area contributed by atoms with Crippen molar-refractivity contribution in [1.29, 1.82) is 0 Å². The van der Waals surface area contributed by atoms with E-state index in [4.69, 9.17) is 4.74 Å². The minimum Gasteiger partial charge on any atom is -0.505 e. The summed E-state index contributed by atoms with van der Waals surface area (Å²) in [5.41, 5.74) is 0.142. The number of carbonyl (C=O) groups is 1. The highest BCUT2D eigenvalue weighted by molar-refractivity contribution is 14.1. The van der Waals surface area contributed by atoms with Crippen molar-refractivity contribution < 1.29 is 19.6 Å². The fourth-order valence-electron chi connectivity index (χ4n) is 1.88. The van der Waals surface area contributed by atoms with Gasteiger partial charge in [0.05, 0.1) is 17.2 Å². The van der Waals surface area contributed by atoms with Crippen molar-refractivity contribution in [2.24, 2.45) is 10.2 Å². The SMILES string of the molecule is CCOC(=O)/C(N=Nc1ccc(I)cc1)=C(/O)c1ccc([N+](=O)[O-])cc1. The first-order valence-electron chi connectivity index (χ1n) is 7.45. The van der Waals surface area contributed by atoms with Crippen molar-refractivity contribution in [3.63, 3.8) is 0 Å². The summed E-state index contributed by atoms with van der Waals surface area (Å²) in [6, 6.07) is 12.1. The van der Waals surface area contributed by atoms with Crippen LogP contribution in [0.1, 0.15) is 12.5 Å². The molecular weight excluding hydrogens is 453 g/mol. The molecule has 0 atom stereocenters. The number of carbonyl (C=O) groups excluding carboxylic acids is 1. The van der Waals surface area contributed by atoms with Gasteiger partial charge in [0.25, 0.3) is 5.69 Å². The van der Waals surface area contributed by atoms with Crippen molar-refractivity contribution in [3.05, 3.63) is 73.5 Å². The van der Waals surface area contributed by atoms with Gasteiger partial charge >= 0.3 is 5.97 Å². The zero-order valence-electron chi connectivity index (χ0n) is 13.6. The lowest BCUT2D eigenvalue weighted by Crippen LogP contribution is -2.08. The Morgan fingerprint density at radius 3 is 2.35 bits per heavy atom. The van der Waals surface area contributed by atoms with Crippen molar-refractivity contribution in [1.82, 2.24) is 0 Å². The molecular formula is C17H14IN3O5. The lowest BCUT2D eigenvalue weighted by Gasteiger charge is -2.06. The molecule has 0 aliphatic carbocycles. The Kier molecular flexibility index (Phi) is 6.78. The minimum absolute atomic E-state index is 0.0922. The summed E-state index contributed by atoms with van der Waals surface area (Å²) in [7, 11) is 0. The van der Waals surface area contributed by atoms with Gasteiger partial charge in [0, 0.05) is 21.3 Å². The summed E-state index contributed by atoms with van der Waals surface area (Å²) in [4.78, 5) is 22.3. The second kappa shape index (κ2) is 9.04. The van der Waals surface area contributed by atoms with E-state index >= 15 is 0 Å². The second-order valence-electron chi connectivity index (χ2n) is 4.90. The third-order valence-corrected chi connectivity index (χ3v) is 3.86. The zero-order valence-corrected chi connectivity index (χ0v) is 15.8. The van der Waals surface area contributed by atoms with Crippen molar-refractivity contribution >= 4 is 45.7 Å². The van der Waals surface area contributed by atoms with E-state index in [1.54, 1.807) is 19.1 Å². The predicted molar refractivity (Wildman–Crippen MR) is 103 cm³/mol. The van der Waals surface area contributed by atoms with Crippen LogP contribution < -0.4 is 0 Å². The summed E-state index contributed by atoms with van der Waals surface area (Å²) in [5, 5.41) is 28.9. The van der Waals surface area contributed by atoms with Crippen LogP contribution in [0.3, 0.4) is 0 Å². The Morgan fingerprint density at radius 1 is 1.19 bits per heavy atom. The Balaban J connectivity index is 2.41. The molecule has 2 rings (SSSR count). The number of nitro benzene ring substituents is 1. The summed E-state index contributed by atoms with van der Waals surface area (Å²) in [6.07, 6.45) is 0. The Bertz CT molecular complexity index is 861. The number of aliphatic hydroxyl groups is 1. The summed E-state index contributed by atoms with van der Waals surface area (Å²) in [5.74, 6) is -1.33. The summed E-state index contributed by atoms with van der Waals surface area (Å²) in [6.45, 7) is 1.71. The number of aliphatic hydroxyl groups excluding tert-OH is 1. The molecule has 0 spiro atoms. The van der Waals surface area contributed by atoms with Gasteiger partial charge in [0.1, 0.15) is 0 Å². The highest BCUT2D eigenvalue weighted by atomic mass is 127. The first-order valence-corrected chi connectivity index (χ1v) is 8.52. The highest BCUT2D eigenvalue weighted by Gasteiger charge is 2.19. The van der Waals surface area contributed by atoms with Crippen LogP contribution >= 0.6 is 22.6 Å². The average Bonchev–Trinajstić information content (AvgIpc) is 2.63. The molecule has 0 unspecified atom stereocenters. The Labute approximate surface area is 162 Å². The van der Waals surface area contributed by atoms with Crippen LogP contribution in [0, 0.1) is 13.7 Å². The lowest BCUT2D eigenvalue weighted by atomic mass is 10.1. The number of benzene rings is 2. The molecule has 0 saturated heterocycles. The smallest absolute Gasteiger partial charge is 0.362 e. The fourth-order valence-corrected chi connectivity index (χ4v) is 2.24. The highest BCUT2D eigenvalue weighted by Crippen LogP contribution is 2.23. The number of nitrogens with zero attached hydrogens (tertiary/aromatic N) is 3. The number of azo groups is 1. The minimum atomic E-state index is -0.849. The molecule has 0 fully saturated rings.